The number of esters is 1. The highest BCUT2D eigenvalue weighted by molar-refractivity contribution is 7.89. The monoisotopic (exact) mass is 441 g/mol. The van der Waals surface area contributed by atoms with Gasteiger partial charge in [-0.3, -0.25) is 0 Å². The fourth-order valence-corrected chi connectivity index (χ4v) is 4.38. The minimum Gasteiger partial charge on any atom is -0.458 e. The number of ether oxygens (including phenoxy) is 1. The summed E-state index contributed by atoms with van der Waals surface area (Å²) >= 11 is 11.9. The van der Waals surface area contributed by atoms with Crippen LogP contribution in [0.2, 0.25) is 10.0 Å². The van der Waals surface area contributed by atoms with E-state index < -0.39 is 16.0 Å². The van der Waals surface area contributed by atoms with Crippen LogP contribution in [0, 0.1) is 0 Å². The molecule has 0 atom stereocenters. The first-order valence-electron chi connectivity index (χ1n) is 8.67. The van der Waals surface area contributed by atoms with E-state index in [1.807, 2.05) is 0 Å². The second-order valence-electron chi connectivity index (χ2n) is 5.84. The van der Waals surface area contributed by atoms with Crippen molar-refractivity contribution in [3.63, 3.8) is 0 Å². The summed E-state index contributed by atoms with van der Waals surface area (Å²) in [5.41, 5.74) is 1.33. The van der Waals surface area contributed by atoms with Gasteiger partial charge in [0.1, 0.15) is 6.61 Å². The molecule has 2 aromatic rings. The number of hydrogen-bond acceptors (Lipinski definition) is 4. The Hall–Kier alpha value is -1.86. The van der Waals surface area contributed by atoms with Crippen molar-refractivity contribution in [2.24, 2.45) is 0 Å². The molecule has 28 heavy (non-hydrogen) atoms. The SMILES string of the molecule is CCN(CC)S(=O)(=O)c1ccc(C=CC(=O)OCc2ccc(Cl)cc2Cl)cc1. The van der Waals surface area contributed by atoms with E-state index in [9.17, 15) is 13.2 Å². The first-order chi connectivity index (χ1) is 13.3. The standard InChI is InChI=1S/C20H21Cl2NO4S/c1-3-23(4-2)28(25,26)18-10-5-15(6-11-18)7-12-20(24)27-14-16-8-9-17(21)13-19(16)22/h5-13H,3-4,14H2,1-2H3. The molecule has 8 heteroatoms. The highest BCUT2D eigenvalue weighted by Gasteiger charge is 2.20. The molecule has 0 aliphatic rings. The fraction of sp³-hybridized carbons (Fsp3) is 0.250. The molecule has 0 aliphatic carbocycles. The van der Waals surface area contributed by atoms with Gasteiger partial charge in [-0.15, -0.1) is 0 Å². The molecule has 0 saturated heterocycles. The lowest BCUT2D eigenvalue weighted by atomic mass is 10.2. The molecule has 0 bridgehead atoms. The average Bonchev–Trinajstić information content (AvgIpc) is 2.66. The summed E-state index contributed by atoms with van der Waals surface area (Å²) in [7, 11) is -3.50. The predicted molar refractivity (Wildman–Crippen MR) is 112 cm³/mol. The van der Waals surface area contributed by atoms with Crippen molar-refractivity contribution in [1.29, 1.82) is 0 Å². The van der Waals surface area contributed by atoms with Gasteiger partial charge in [-0.25, -0.2) is 13.2 Å². The zero-order valence-electron chi connectivity index (χ0n) is 15.6. The van der Waals surface area contributed by atoms with Gasteiger partial charge in [0.05, 0.1) is 4.90 Å². The number of benzene rings is 2. The highest BCUT2D eigenvalue weighted by Crippen LogP contribution is 2.21. The topological polar surface area (TPSA) is 63.7 Å². The van der Waals surface area contributed by atoms with E-state index in [2.05, 4.69) is 0 Å². The Balaban J connectivity index is 1.99. The van der Waals surface area contributed by atoms with Crippen LogP contribution < -0.4 is 0 Å². The summed E-state index contributed by atoms with van der Waals surface area (Å²) in [6, 6.07) is 11.2. The largest absolute Gasteiger partial charge is 0.458 e. The normalized spacial score (nSPS) is 11.9. The van der Waals surface area contributed by atoms with Crippen LogP contribution in [0.25, 0.3) is 6.08 Å². The summed E-state index contributed by atoms with van der Waals surface area (Å²) in [5.74, 6) is -0.536. The minimum atomic E-state index is -3.50. The van der Waals surface area contributed by atoms with Gasteiger partial charge in [0.2, 0.25) is 10.0 Å². The van der Waals surface area contributed by atoms with Crippen LogP contribution in [0.15, 0.2) is 53.4 Å². The summed E-state index contributed by atoms with van der Waals surface area (Å²) in [6.45, 7) is 4.43. The van der Waals surface area contributed by atoms with Gasteiger partial charge in [0.25, 0.3) is 0 Å². The first-order valence-corrected chi connectivity index (χ1v) is 10.9. The van der Waals surface area contributed by atoms with Gasteiger partial charge < -0.3 is 4.74 Å². The van der Waals surface area contributed by atoms with Gasteiger partial charge in [-0.05, 0) is 35.9 Å². The molecule has 0 amide bonds. The molecule has 2 aromatic carbocycles. The van der Waals surface area contributed by atoms with Crippen LogP contribution in [0.4, 0.5) is 0 Å². The van der Waals surface area contributed by atoms with Crippen molar-refractivity contribution in [3.8, 4) is 0 Å². The Morgan fingerprint density at radius 2 is 1.71 bits per heavy atom. The van der Waals surface area contributed by atoms with Crippen molar-refractivity contribution >= 4 is 45.3 Å². The lowest BCUT2D eigenvalue weighted by Gasteiger charge is -2.18. The Morgan fingerprint density at radius 1 is 1.07 bits per heavy atom. The minimum absolute atomic E-state index is 0.0280. The quantitative estimate of drug-likeness (QED) is 0.436. The zero-order chi connectivity index (χ0) is 20.7. The smallest absolute Gasteiger partial charge is 0.331 e. The third-order valence-electron chi connectivity index (χ3n) is 4.02. The lowest BCUT2D eigenvalue weighted by Crippen LogP contribution is -2.30. The molecule has 0 aromatic heterocycles. The molecule has 150 valence electrons. The molecule has 0 saturated carbocycles. The third kappa shape index (κ3) is 5.82. The van der Waals surface area contributed by atoms with Crippen molar-refractivity contribution < 1.29 is 17.9 Å². The molecular formula is C20H21Cl2NO4S. The van der Waals surface area contributed by atoms with Crippen molar-refractivity contribution in [2.45, 2.75) is 25.3 Å². The van der Waals surface area contributed by atoms with Crippen molar-refractivity contribution in [2.75, 3.05) is 13.1 Å². The molecule has 0 heterocycles. The van der Waals surface area contributed by atoms with Crippen molar-refractivity contribution in [3.05, 3.63) is 69.7 Å². The zero-order valence-corrected chi connectivity index (χ0v) is 17.9. The summed E-state index contributed by atoms with van der Waals surface area (Å²) in [4.78, 5) is 12.1. The molecule has 0 N–H and O–H groups in total. The van der Waals surface area contributed by atoms with E-state index in [0.717, 1.165) is 0 Å². The molecule has 5 nitrogen and oxygen atoms in total. The van der Waals surface area contributed by atoms with E-state index in [0.29, 0.717) is 34.3 Å². The van der Waals surface area contributed by atoms with Gasteiger partial charge in [0.15, 0.2) is 0 Å². The van der Waals surface area contributed by atoms with E-state index in [1.165, 1.54) is 22.5 Å². The van der Waals surface area contributed by atoms with Crippen LogP contribution in [-0.2, 0) is 26.2 Å². The number of hydrogen-bond donors (Lipinski definition) is 0. The molecule has 0 aliphatic heterocycles. The molecule has 0 spiro atoms. The van der Waals surface area contributed by atoms with Crippen molar-refractivity contribution in [1.82, 2.24) is 4.31 Å². The predicted octanol–water partition coefficient (Wildman–Crippen LogP) is 4.78. The van der Waals surface area contributed by atoms with E-state index in [4.69, 9.17) is 27.9 Å². The van der Waals surface area contributed by atoms with Crippen LogP contribution in [0.5, 0.6) is 0 Å². The lowest BCUT2D eigenvalue weighted by molar-refractivity contribution is -0.138. The number of nitrogens with zero attached hydrogens (tertiary/aromatic N) is 1. The molecule has 0 unspecified atom stereocenters. The molecule has 2 rings (SSSR count). The van der Waals surface area contributed by atoms with Crippen LogP contribution in [0.1, 0.15) is 25.0 Å². The number of sulfonamides is 1. The Kier molecular flexibility index (Phi) is 8.07. The van der Waals surface area contributed by atoms with Gasteiger partial charge in [-0.1, -0.05) is 55.2 Å². The Bertz CT molecular complexity index is 953. The maximum atomic E-state index is 12.5. The van der Waals surface area contributed by atoms with Gasteiger partial charge in [-0.2, -0.15) is 4.31 Å². The summed E-state index contributed by atoms with van der Waals surface area (Å²) in [6.07, 6.45) is 2.83. The summed E-state index contributed by atoms with van der Waals surface area (Å²) < 4.78 is 31.4. The highest BCUT2D eigenvalue weighted by atomic mass is 35.5. The van der Waals surface area contributed by atoms with Gasteiger partial charge >= 0.3 is 5.97 Å². The van der Waals surface area contributed by atoms with Gasteiger partial charge in [0, 0.05) is 34.8 Å². The number of rotatable bonds is 8. The van der Waals surface area contributed by atoms with E-state index in [-0.39, 0.29) is 11.5 Å². The van der Waals surface area contributed by atoms with E-state index in [1.54, 1.807) is 50.3 Å². The molecule has 0 radical (unpaired) electrons. The number of halogens is 2. The summed E-state index contributed by atoms with van der Waals surface area (Å²) in [5, 5.41) is 0.931. The fourth-order valence-electron chi connectivity index (χ4n) is 2.46. The number of carbonyl (C=O) groups is 1. The molecular weight excluding hydrogens is 421 g/mol. The maximum Gasteiger partial charge on any atom is 0.331 e. The van der Waals surface area contributed by atoms with E-state index >= 15 is 0 Å². The maximum absolute atomic E-state index is 12.5. The van der Waals surface area contributed by atoms with Crippen LogP contribution in [-0.4, -0.2) is 31.8 Å². The molecule has 0 fully saturated rings. The first kappa shape index (κ1) is 22.4. The second kappa shape index (κ2) is 10.1. The third-order valence-corrected chi connectivity index (χ3v) is 6.67. The Morgan fingerprint density at radius 3 is 2.29 bits per heavy atom. The Labute approximate surface area is 175 Å². The van der Waals surface area contributed by atoms with Crippen LogP contribution in [0.3, 0.4) is 0 Å². The number of carbonyl (C=O) groups excluding carboxylic acids is 1. The second-order valence-corrected chi connectivity index (χ2v) is 8.62. The average molecular weight is 442 g/mol. The van der Waals surface area contributed by atoms with Crippen LogP contribution >= 0.6 is 23.2 Å².